The average molecular weight is 334 g/mol. The second kappa shape index (κ2) is 11.0. The van der Waals surface area contributed by atoms with Gasteiger partial charge in [-0.15, -0.1) is 0 Å². The van der Waals surface area contributed by atoms with Gasteiger partial charge in [0.25, 0.3) is 0 Å². The Hall–Kier alpha value is -0.580. The number of carbonyl (C=O) groups is 2. The molecular weight excluding hydrogens is 308 g/mol. The van der Waals surface area contributed by atoms with Gasteiger partial charge in [-0.05, 0) is 12.0 Å². The smallest absolute Gasteiger partial charge is 1.00 e. The van der Waals surface area contributed by atoms with Crippen molar-refractivity contribution in [3.05, 3.63) is 35.9 Å². The van der Waals surface area contributed by atoms with Crippen molar-refractivity contribution < 1.29 is 22.7 Å². The van der Waals surface area contributed by atoms with Crippen molar-refractivity contribution in [2.24, 2.45) is 0 Å². The predicted octanol–water partition coefficient (Wildman–Crippen LogP) is 3.69. The van der Waals surface area contributed by atoms with Crippen LogP contribution < -0.4 is 0 Å². The van der Waals surface area contributed by atoms with Gasteiger partial charge in [0.2, 0.25) is 0 Å². The van der Waals surface area contributed by atoms with Gasteiger partial charge in [0, 0.05) is 0 Å². The SMILES string of the molecule is CCCCCCCCC(C(=O)O)(C(=O)O)c1ccccc1.[Ca+2].[H-].[H-]. The maximum Gasteiger partial charge on any atom is 2.00 e. The summed E-state index contributed by atoms with van der Waals surface area (Å²) >= 11 is 0. The Morgan fingerprint density at radius 3 is 1.95 bits per heavy atom. The van der Waals surface area contributed by atoms with Crippen molar-refractivity contribution in [1.29, 1.82) is 0 Å². The average Bonchev–Trinajstić information content (AvgIpc) is 2.47. The van der Waals surface area contributed by atoms with Gasteiger partial charge in [0.05, 0.1) is 0 Å². The second-order valence-electron chi connectivity index (χ2n) is 5.40. The first-order chi connectivity index (χ1) is 10.1. The Kier molecular flexibility index (Phi) is 10.7. The first kappa shape index (κ1) is 21.4. The molecule has 0 saturated heterocycles. The minimum absolute atomic E-state index is 0. The van der Waals surface area contributed by atoms with Crippen LogP contribution in [0.1, 0.15) is 60.3 Å². The van der Waals surface area contributed by atoms with E-state index in [1.54, 1.807) is 30.3 Å². The van der Waals surface area contributed by atoms with Gasteiger partial charge in [0.15, 0.2) is 5.41 Å². The van der Waals surface area contributed by atoms with Gasteiger partial charge >= 0.3 is 49.7 Å². The molecule has 0 bridgehead atoms. The van der Waals surface area contributed by atoms with Crippen LogP contribution >= 0.6 is 0 Å². The molecule has 5 heteroatoms. The van der Waals surface area contributed by atoms with Gasteiger partial charge in [0.1, 0.15) is 0 Å². The fraction of sp³-hybridized carbons (Fsp3) is 0.529. The summed E-state index contributed by atoms with van der Waals surface area (Å²) in [5, 5.41) is 19.0. The van der Waals surface area contributed by atoms with Crippen LogP contribution in [-0.2, 0) is 15.0 Å². The number of hydrogen-bond donors (Lipinski definition) is 2. The molecule has 1 aromatic rings. The van der Waals surface area contributed by atoms with Crippen LogP contribution in [0.4, 0.5) is 0 Å². The number of hydrogen-bond acceptors (Lipinski definition) is 2. The molecule has 0 fully saturated rings. The first-order valence-corrected chi connectivity index (χ1v) is 7.58. The minimum atomic E-state index is -1.83. The Labute approximate surface area is 164 Å². The fourth-order valence-corrected chi connectivity index (χ4v) is 2.59. The van der Waals surface area contributed by atoms with E-state index in [0.717, 1.165) is 25.7 Å². The Morgan fingerprint density at radius 2 is 1.45 bits per heavy atom. The molecule has 0 saturated carbocycles. The molecule has 22 heavy (non-hydrogen) atoms. The summed E-state index contributed by atoms with van der Waals surface area (Å²) in [5.74, 6) is -2.57. The molecule has 120 valence electrons. The van der Waals surface area contributed by atoms with E-state index in [9.17, 15) is 19.8 Å². The van der Waals surface area contributed by atoms with E-state index in [1.807, 2.05) is 0 Å². The third-order valence-corrected chi connectivity index (χ3v) is 3.90. The van der Waals surface area contributed by atoms with Crippen LogP contribution in [0.25, 0.3) is 0 Å². The van der Waals surface area contributed by atoms with E-state index < -0.39 is 17.4 Å². The van der Waals surface area contributed by atoms with E-state index in [2.05, 4.69) is 6.92 Å². The summed E-state index contributed by atoms with van der Waals surface area (Å²) < 4.78 is 0. The molecule has 0 aliphatic carbocycles. The van der Waals surface area contributed by atoms with Gasteiger partial charge in [-0.25, -0.2) is 0 Å². The molecule has 0 radical (unpaired) electrons. The number of carboxylic acids is 2. The first-order valence-electron chi connectivity index (χ1n) is 7.58. The molecule has 0 aliphatic rings. The zero-order chi connectivity index (χ0) is 15.7. The quantitative estimate of drug-likeness (QED) is 0.389. The van der Waals surface area contributed by atoms with Gasteiger partial charge < -0.3 is 13.1 Å². The van der Waals surface area contributed by atoms with Gasteiger partial charge in [-0.1, -0.05) is 75.8 Å². The molecule has 0 heterocycles. The molecule has 0 aromatic heterocycles. The third-order valence-electron chi connectivity index (χ3n) is 3.90. The fourth-order valence-electron chi connectivity index (χ4n) is 2.59. The largest absolute Gasteiger partial charge is 2.00 e. The number of benzene rings is 1. The van der Waals surface area contributed by atoms with Crippen molar-refractivity contribution in [3.63, 3.8) is 0 Å². The van der Waals surface area contributed by atoms with Crippen molar-refractivity contribution in [2.45, 2.75) is 57.3 Å². The zero-order valence-corrected chi connectivity index (χ0v) is 15.5. The van der Waals surface area contributed by atoms with Crippen LogP contribution in [-0.4, -0.2) is 59.9 Å². The summed E-state index contributed by atoms with van der Waals surface area (Å²) in [5.41, 5.74) is -1.48. The minimum Gasteiger partial charge on any atom is -1.00 e. The maximum atomic E-state index is 11.6. The molecule has 0 unspecified atom stereocenters. The summed E-state index contributed by atoms with van der Waals surface area (Å²) in [4.78, 5) is 23.3. The van der Waals surface area contributed by atoms with Crippen molar-refractivity contribution >= 4 is 49.7 Å². The van der Waals surface area contributed by atoms with E-state index >= 15 is 0 Å². The molecular formula is C17H26CaO4. The second-order valence-corrected chi connectivity index (χ2v) is 5.40. The molecule has 0 spiro atoms. The molecule has 4 nitrogen and oxygen atoms in total. The number of aliphatic carboxylic acids is 2. The predicted molar refractivity (Wildman–Crippen MR) is 89.4 cm³/mol. The van der Waals surface area contributed by atoms with Crippen LogP contribution in [0.5, 0.6) is 0 Å². The Balaban J connectivity index is -0.00000147. The molecule has 2 N–H and O–H groups in total. The van der Waals surface area contributed by atoms with Gasteiger partial charge in [-0.2, -0.15) is 0 Å². The van der Waals surface area contributed by atoms with Crippen molar-refractivity contribution in [3.8, 4) is 0 Å². The Bertz CT molecular complexity index is 455. The summed E-state index contributed by atoms with van der Waals surface area (Å²) in [6.07, 6.45) is 6.08. The van der Waals surface area contributed by atoms with Crippen LogP contribution in [0.3, 0.4) is 0 Å². The molecule has 0 amide bonds. The van der Waals surface area contributed by atoms with Crippen molar-refractivity contribution in [2.75, 3.05) is 0 Å². The van der Waals surface area contributed by atoms with Crippen LogP contribution in [0.2, 0.25) is 0 Å². The number of unbranched alkanes of at least 4 members (excludes halogenated alkanes) is 5. The third kappa shape index (κ3) is 5.56. The molecule has 0 atom stereocenters. The van der Waals surface area contributed by atoms with E-state index in [-0.39, 0.29) is 47.0 Å². The molecule has 1 aromatic carbocycles. The monoisotopic (exact) mass is 334 g/mol. The van der Waals surface area contributed by atoms with Crippen LogP contribution in [0, 0.1) is 0 Å². The van der Waals surface area contributed by atoms with E-state index in [4.69, 9.17) is 0 Å². The molecule has 0 aliphatic heterocycles. The maximum absolute atomic E-state index is 11.6. The van der Waals surface area contributed by atoms with E-state index in [0.29, 0.717) is 12.0 Å². The standard InChI is InChI=1S/C17H24O4.Ca.2H/c1-2-3-4-5-6-10-13-17(15(18)19,16(20)21)14-11-8-7-9-12-14;;;/h7-9,11-12H,2-6,10,13H2,1H3,(H,18,19)(H,20,21);;;/q;+2;2*-1. The molecule has 1 rings (SSSR count). The summed E-state index contributed by atoms with van der Waals surface area (Å²) in [7, 11) is 0. The summed E-state index contributed by atoms with van der Waals surface area (Å²) in [6, 6.07) is 8.27. The zero-order valence-electron chi connectivity index (χ0n) is 15.3. The van der Waals surface area contributed by atoms with Crippen LogP contribution in [0.15, 0.2) is 30.3 Å². The van der Waals surface area contributed by atoms with Crippen molar-refractivity contribution in [1.82, 2.24) is 0 Å². The number of carboxylic acid groups (broad SMARTS) is 2. The summed E-state index contributed by atoms with van der Waals surface area (Å²) in [6.45, 7) is 2.13. The van der Waals surface area contributed by atoms with E-state index in [1.165, 1.54) is 6.42 Å². The topological polar surface area (TPSA) is 74.6 Å². The number of rotatable bonds is 10. The van der Waals surface area contributed by atoms with Gasteiger partial charge in [-0.3, -0.25) is 9.59 Å². The Morgan fingerprint density at radius 1 is 0.955 bits per heavy atom. The normalized spacial score (nSPS) is 10.8.